The molecule has 0 aliphatic heterocycles. The second kappa shape index (κ2) is 11.0. The van der Waals surface area contributed by atoms with Gasteiger partial charge in [0, 0.05) is 15.6 Å². The molecule has 0 N–H and O–H groups in total. The van der Waals surface area contributed by atoms with Crippen molar-refractivity contribution >= 4 is 15.5 Å². The molecule has 31 heavy (non-hydrogen) atoms. The van der Waals surface area contributed by atoms with Crippen LogP contribution >= 0.6 is 0 Å². The van der Waals surface area contributed by atoms with E-state index in [1.807, 2.05) is 0 Å². The number of carbonyl (C=O) groups excluding carboxylic acids is 1. The van der Waals surface area contributed by atoms with Crippen LogP contribution in [0.4, 0.5) is 17.6 Å². The van der Waals surface area contributed by atoms with Crippen LogP contribution in [0.15, 0.2) is 18.2 Å². The van der Waals surface area contributed by atoms with Crippen LogP contribution in [0.3, 0.4) is 0 Å². The molecule has 2 aliphatic carbocycles. The molecule has 0 atom stereocenters. The first-order valence-electron chi connectivity index (χ1n) is 11.6. The Labute approximate surface area is 185 Å². The molecule has 0 amide bonds. The van der Waals surface area contributed by atoms with E-state index >= 15 is 0 Å². The Balaban J connectivity index is 1.43. The van der Waals surface area contributed by atoms with E-state index in [0.29, 0.717) is 18.1 Å². The predicted octanol–water partition coefficient (Wildman–Crippen LogP) is 7.46. The van der Waals surface area contributed by atoms with Gasteiger partial charge in [0.2, 0.25) is 0 Å². The molecule has 7 heteroatoms. The molecule has 3 rings (SSSR count). The maximum Gasteiger partial charge on any atom is 0.419 e. The van der Waals surface area contributed by atoms with Crippen molar-refractivity contribution in [1.29, 1.82) is 0 Å². The average Bonchev–Trinajstić information content (AvgIpc) is 2.74. The molecule has 2 saturated carbocycles. The number of ether oxygens (including phenoxy) is 1. The normalized spacial score (nSPS) is 27.1. The Bertz CT molecular complexity index is 721. The van der Waals surface area contributed by atoms with Crippen LogP contribution in [0.1, 0.15) is 76.7 Å². The smallest absolute Gasteiger partial charge is 0.419 e. The highest BCUT2D eigenvalue weighted by atomic mass is 28.2. The molecule has 2 aliphatic rings. The molecule has 0 aromatic heterocycles. The molecule has 0 unspecified atom stereocenters. The van der Waals surface area contributed by atoms with Gasteiger partial charge in [-0.2, -0.15) is 13.2 Å². The SMILES string of the molecule is CCCC[Si]C1CCC(C2CCC(C(=O)Oc3ccc(C(F)(F)F)c(F)c3)CC2)CC1. The number of unbranched alkanes of at least 4 members (excludes halogenated alkanes) is 1. The van der Waals surface area contributed by atoms with Gasteiger partial charge in [-0.25, -0.2) is 4.39 Å². The molecule has 2 radical (unpaired) electrons. The van der Waals surface area contributed by atoms with E-state index in [2.05, 4.69) is 6.92 Å². The fourth-order valence-electron chi connectivity index (χ4n) is 5.09. The monoisotopic (exact) mass is 456 g/mol. The summed E-state index contributed by atoms with van der Waals surface area (Å²) in [5.41, 5.74) is -0.438. The van der Waals surface area contributed by atoms with Crippen LogP contribution in [-0.4, -0.2) is 15.5 Å². The van der Waals surface area contributed by atoms with Crippen LogP contribution in [0.25, 0.3) is 0 Å². The lowest BCUT2D eigenvalue weighted by Crippen LogP contribution is -2.30. The molecule has 0 heterocycles. The number of carbonyl (C=O) groups is 1. The zero-order valence-electron chi connectivity index (χ0n) is 18.1. The lowest BCUT2D eigenvalue weighted by Gasteiger charge is -2.37. The number of hydrogen-bond donors (Lipinski definition) is 0. The minimum atomic E-state index is -4.76. The van der Waals surface area contributed by atoms with Gasteiger partial charge in [-0.3, -0.25) is 4.79 Å². The molecular formula is C24H32F4O2Si. The number of esters is 1. The summed E-state index contributed by atoms with van der Waals surface area (Å²) < 4.78 is 56.9. The summed E-state index contributed by atoms with van der Waals surface area (Å²) in [6.45, 7) is 2.25. The summed E-state index contributed by atoms with van der Waals surface area (Å²) >= 11 is 0. The Morgan fingerprint density at radius 3 is 2.19 bits per heavy atom. The molecule has 1 aromatic rings. The van der Waals surface area contributed by atoms with E-state index in [0.717, 1.165) is 52.7 Å². The Morgan fingerprint density at radius 1 is 1.03 bits per heavy atom. The third-order valence-corrected chi connectivity index (χ3v) is 8.77. The topological polar surface area (TPSA) is 26.3 Å². The first-order valence-corrected chi connectivity index (χ1v) is 12.9. The molecule has 172 valence electrons. The number of hydrogen-bond acceptors (Lipinski definition) is 2. The van der Waals surface area contributed by atoms with Crippen LogP contribution in [-0.2, 0) is 11.0 Å². The molecular weight excluding hydrogens is 424 g/mol. The first-order chi connectivity index (χ1) is 14.8. The second-order valence-corrected chi connectivity index (χ2v) is 10.8. The van der Waals surface area contributed by atoms with Crippen LogP contribution < -0.4 is 4.74 Å². The van der Waals surface area contributed by atoms with Crippen molar-refractivity contribution < 1.29 is 27.1 Å². The average molecular weight is 457 g/mol. The van der Waals surface area contributed by atoms with Crippen molar-refractivity contribution in [2.24, 2.45) is 17.8 Å². The fourth-order valence-corrected chi connectivity index (χ4v) is 6.80. The van der Waals surface area contributed by atoms with Crippen molar-refractivity contribution in [3.63, 3.8) is 0 Å². The molecule has 0 bridgehead atoms. The quantitative estimate of drug-likeness (QED) is 0.140. The van der Waals surface area contributed by atoms with Crippen molar-refractivity contribution in [3.05, 3.63) is 29.6 Å². The second-order valence-electron chi connectivity index (χ2n) is 9.09. The number of rotatable bonds is 7. The highest BCUT2D eigenvalue weighted by molar-refractivity contribution is 6.37. The van der Waals surface area contributed by atoms with Crippen molar-refractivity contribution in [3.8, 4) is 5.75 Å². The van der Waals surface area contributed by atoms with Crippen molar-refractivity contribution in [2.75, 3.05) is 0 Å². The Morgan fingerprint density at radius 2 is 1.65 bits per heavy atom. The van der Waals surface area contributed by atoms with E-state index in [9.17, 15) is 22.4 Å². The van der Waals surface area contributed by atoms with Gasteiger partial charge < -0.3 is 4.74 Å². The third kappa shape index (κ3) is 6.80. The molecule has 1 aromatic carbocycles. The largest absolute Gasteiger partial charge is 0.426 e. The first kappa shape index (κ1) is 24.3. The summed E-state index contributed by atoms with van der Waals surface area (Å²) in [6.07, 6.45) is 6.61. The summed E-state index contributed by atoms with van der Waals surface area (Å²) in [6, 6.07) is 3.65. The lowest BCUT2D eigenvalue weighted by molar-refractivity contribution is -0.140. The summed E-state index contributed by atoms with van der Waals surface area (Å²) in [4.78, 5) is 12.4. The molecule has 0 spiro atoms. The predicted molar refractivity (Wildman–Crippen MR) is 114 cm³/mol. The van der Waals surface area contributed by atoms with Crippen molar-refractivity contribution in [1.82, 2.24) is 0 Å². The van der Waals surface area contributed by atoms with Gasteiger partial charge in [0.1, 0.15) is 11.6 Å². The zero-order valence-corrected chi connectivity index (χ0v) is 19.1. The summed E-state index contributed by atoms with van der Waals surface area (Å²) in [5, 5.41) is 0. The standard InChI is InChI=1S/C24H32F4O2Si/c1-2-3-14-31-20-11-8-17(9-12-20)16-4-6-18(7-5-16)23(29)30-19-10-13-21(22(25)15-19)24(26,27)28/h10,13,15-18,20H,2-9,11-12,14H2,1H3. The maximum absolute atomic E-state index is 13.7. The highest BCUT2D eigenvalue weighted by Crippen LogP contribution is 2.43. The van der Waals surface area contributed by atoms with Crippen molar-refractivity contribution in [2.45, 2.75) is 88.9 Å². The molecule has 0 saturated heterocycles. The van der Waals surface area contributed by atoms with Crippen LogP contribution in [0, 0.1) is 23.6 Å². The Kier molecular flexibility index (Phi) is 8.59. The van der Waals surface area contributed by atoms with E-state index in [1.165, 1.54) is 44.6 Å². The van der Waals surface area contributed by atoms with Crippen LogP contribution in [0.5, 0.6) is 5.75 Å². The molecule has 2 fully saturated rings. The lowest BCUT2D eigenvalue weighted by atomic mass is 9.71. The number of benzene rings is 1. The van der Waals surface area contributed by atoms with Gasteiger partial charge in [-0.05, 0) is 55.2 Å². The van der Waals surface area contributed by atoms with E-state index in [-0.39, 0.29) is 11.7 Å². The van der Waals surface area contributed by atoms with Gasteiger partial charge in [-0.1, -0.05) is 51.5 Å². The van der Waals surface area contributed by atoms with Gasteiger partial charge >= 0.3 is 12.1 Å². The Hall–Kier alpha value is -1.37. The van der Waals surface area contributed by atoms with Gasteiger partial charge in [0.05, 0.1) is 11.5 Å². The minimum Gasteiger partial charge on any atom is -0.426 e. The number of halogens is 4. The van der Waals surface area contributed by atoms with Crippen LogP contribution in [0.2, 0.25) is 11.6 Å². The zero-order chi connectivity index (χ0) is 22.4. The number of alkyl halides is 3. The van der Waals surface area contributed by atoms with E-state index in [4.69, 9.17) is 4.74 Å². The van der Waals surface area contributed by atoms with E-state index < -0.39 is 23.5 Å². The van der Waals surface area contributed by atoms with Gasteiger partial charge in [0.15, 0.2) is 0 Å². The van der Waals surface area contributed by atoms with Gasteiger partial charge in [-0.15, -0.1) is 0 Å². The fraction of sp³-hybridized carbons (Fsp3) is 0.708. The third-order valence-electron chi connectivity index (χ3n) is 6.97. The minimum absolute atomic E-state index is 0.167. The maximum atomic E-state index is 13.7. The summed E-state index contributed by atoms with van der Waals surface area (Å²) in [7, 11) is 1.11. The summed E-state index contributed by atoms with van der Waals surface area (Å²) in [5.74, 6) is -0.889. The highest BCUT2D eigenvalue weighted by Gasteiger charge is 2.35. The van der Waals surface area contributed by atoms with Gasteiger partial charge in [0.25, 0.3) is 0 Å². The van der Waals surface area contributed by atoms with E-state index in [1.54, 1.807) is 0 Å². The molecule has 2 nitrogen and oxygen atoms in total.